The maximum atomic E-state index is 12.9. The van der Waals surface area contributed by atoms with Crippen LogP contribution in [0.15, 0.2) is 23.8 Å². The van der Waals surface area contributed by atoms with Gasteiger partial charge in [-0.25, -0.2) is 0 Å². The number of hydrogen-bond acceptors (Lipinski definition) is 4. The Balaban J connectivity index is 1.81. The van der Waals surface area contributed by atoms with Crippen LogP contribution in [0.1, 0.15) is 53.4 Å². The van der Waals surface area contributed by atoms with Crippen molar-refractivity contribution >= 4 is 40.7 Å². The van der Waals surface area contributed by atoms with Gasteiger partial charge in [-0.2, -0.15) is 0 Å². The van der Waals surface area contributed by atoms with Crippen LogP contribution in [0.25, 0.3) is 0 Å². The zero-order valence-electron chi connectivity index (χ0n) is 18.0. The van der Waals surface area contributed by atoms with Crippen molar-refractivity contribution in [2.24, 2.45) is 34.5 Å². The molecule has 4 aliphatic carbocycles. The molecule has 0 N–H and O–H groups in total. The highest BCUT2D eigenvalue weighted by Crippen LogP contribution is 2.68. The topological polar surface area (TPSA) is 60.4 Å². The molecule has 0 radical (unpaired) electrons. The number of halogens is 2. The van der Waals surface area contributed by atoms with E-state index in [0.29, 0.717) is 24.6 Å². The van der Waals surface area contributed by atoms with Crippen LogP contribution in [0.2, 0.25) is 0 Å². The van der Waals surface area contributed by atoms with E-state index < -0.39 is 22.4 Å². The molecule has 0 aromatic heterocycles. The average Bonchev–Trinajstić information content (AvgIpc) is 2.89. The molecule has 164 valence electrons. The van der Waals surface area contributed by atoms with Gasteiger partial charge in [0.15, 0.2) is 17.2 Å². The van der Waals surface area contributed by atoms with Gasteiger partial charge in [-0.1, -0.05) is 26.0 Å². The summed E-state index contributed by atoms with van der Waals surface area (Å²) in [6.45, 7) is 7.16. The molecule has 4 nitrogen and oxygen atoms in total. The quantitative estimate of drug-likeness (QED) is 0.452. The van der Waals surface area contributed by atoms with Gasteiger partial charge in [0.1, 0.15) is 0 Å². The number of esters is 1. The first-order chi connectivity index (χ1) is 14.0. The monoisotopic (exact) mass is 452 g/mol. The van der Waals surface area contributed by atoms with Crippen molar-refractivity contribution in [3.63, 3.8) is 0 Å². The first kappa shape index (κ1) is 22.1. The van der Waals surface area contributed by atoms with E-state index in [-0.39, 0.29) is 34.7 Å². The lowest BCUT2D eigenvalue weighted by Crippen LogP contribution is -2.61. The number of ketones is 2. The summed E-state index contributed by atoms with van der Waals surface area (Å²) in [4.78, 5) is 37.2. The van der Waals surface area contributed by atoms with Crippen LogP contribution >= 0.6 is 23.2 Å². The van der Waals surface area contributed by atoms with Crippen LogP contribution in [0, 0.1) is 34.5 Å². The highest BCUT2D eigenvalue weighted by molar-refractivity contribution is 6.24. The second-order valence-electron chi connectivity index (χ2n) is 10.1. The van der Waals surface area contributed by atoms with Crippen molar-refractivity contribution in [3.8, 4) is 0 Å². The van der Waals surface area contributed by atoms with Gasteiger partial charge in [-0.15, -0.1) is 23.2 Å². The van der Waals surface area contributed by atoms with Gasteiger partial charge in [0.05, 0.1) is 5.38 Å². The lowest BCUT2D eigenvalue weighted by molar-refractivity contribution is -0.185. The van der Waals surface area contributed by atoms with Gasteiger partial charge >= 0.3 is 5.97 Å². The molecule has 0 heterocycles. The van der Waals surface area contributed by atoms with Crippen LogP contribution in [0.3, 0.4) is 0 Å². The summed E-state index contributed by atoms with van der Waals surface area (Å²) < 4.78 is 5.79. The third-order valence-corrected chi connectivity index (χ3v) is 9.85. The van der Waals surface area contributed by atoms with Crippen molar-refractivity contribution in [3.05, 3.63) is 23.8 Å². The molecular weight excluding hydrogens is 423 g/mol. The maximum absolute atomic E-state index is 12.9. The minimum absolute atomic E-state index is 0.0905. The SMILES string of the molecule is CC(=O)O[C@]1(C(C)=O)[C@@H](Cl)C[C@H]2[C@@H]3C=CC4=CC(=O)C[C@H](CCl)[C@]4(C)[C@H]3CC[C@@]21C. The van der Waals surface area contributed by atoms with Crippen molar-refractivity contribution < 1.29 is 19.1 Å². The fourth-order valence-corrected chi connectivity index (χ4v) is 8.55. The van der Waals surface area contributed by atoms with Crippen molar-refractivity contribution in [1.29, 1.82) is 0 Å². The number of Topliss-reactive ketones (excluding diaryl/α,β-unsaturated/α-hetero) is 1. The van der Waals surface area contributed by atoms with E-state index in [4.69, 9.17) is 27.9 Å². The van der Waals surface area contributed by atoms with E-state index in [2.05, 4.69) is 26.0 Å². The average molecular weight is 453 g/mol. The fourth-order valence-electron chi connectivity index (χ4n) is 7.49. The Kier molecular flexibility index (Phi) is 5.30. The molecule has 0 aromatic carbocycles. The molecule has 30 heavy (non-hydrogen) atoms. The lowest BCUT2D eigenvalue weighted by atomic mass is 9.46. The number of ether oxygens (including phenoxy) is 1. The van der Waals surface area contributed by atoms with E-state index in [0.717, 1.165) is 18.4 Å². The van der Waals surface area contributed by atoms with Gasteiger partial charge in [-0.05, 0) is 61.5 Å². The van der Waals surface area contributed by atoms with Crippen molar-refractivity contribution in [1.82, 2.24) is 0 Å². The van der Waals surface area contributed by atoms with Crippen LogP contribution in [0.4, 0.5) is 0 Å². The number of allylic oxidation sites excluding steroid dienone is 4. The number of alkyl halides is 2. The first-order valence-corrected chi connectivity index (χ1v) is 11.8. The molecule has 4 rings (SSSR count). The number of carbonyl (C=O) groups is 3. The van der Waals surface area contributed by atoms with Gasteiger partial charge < -0.3 is 4.74 Å². The Bertz CT molecular complexity index is 863. The van der Waals surface area contributed by atoms with E-state index >= 15 is 0 Å². The molecule has 0 saturated heterocycles. The Morgan fingerprint density at radius 3 is 2.53 bits per heavy atom. The molecule has 0 spiro atoms. The third-order valence-electron chi connectivity index (χ3n) is 8.99. The lowest BCUT2D eigenvalue weighted by Gasteiger charge is -2.58. The number of rotatable bonds is 3. The summed E-state index contributed by atoms with van der Waals surface area (Å²) >= 11 is 13.2. The predicted octanol–water partition coefficient (Wildman–Crippen LogP) is 4.87. The third kappa shape index (κ3) is 2.68. The molecule has 0 aromatic rings. The molecule has 0 aliphatic heterocycles. The van der Waals surface area contributed by atoms with Gasteiger partial charge in [0.25, 0.3) is 0 Å². The van der Waals surface area contributed by atoms with Crippen LogP contribution in [-0.2, 0) is 19.1 Å². The van der Waals surface area contributed by atoms with E-state index in [1.165, 1.54) is 13.8 Å². The molecule has 0 bridgehead atoms. The first-order valence-electron chi connectivity index (χ1n) is 10.9. The van der Waals surface area contributed by atoms with Gasteiger partial charge in [0, 0.05) is 30.1 Å². The summed E-state index contributed by atoms with van der Waals surface area (Å²) in [7, 11) is 0. The molecule has 4 aliphatic rings. The number of carbonyl (C=O) groups excluding carboxylic acids is 3. The molecule has 6 heteroatoms. The molecule has 2 fully saturated rings. The molecule has 0 unspecified atom stereocenters. The summed E-state index contributed by atoms with van der Waals surface area (Å²) in [5.41, 5.74) is -0.926. The van der Waals surface area contributed by atoms with Crippen LogP contribution < -0.4 is 0 Å². The summed E-state index contributed by atoms with van der Waals surface area (Å²) in [5.74, 6) is 0.665. The molecular formula is C24H30Cl2O4. The second-order valence-corrected chi connectivity index (χ2v) is 10.9. The minimum atomic E-state index is -1.30. The van der Waals surface area contributed by atoms with Crippen LogP contribution in [-0.4, -0.2) is 34.4 Å². The normalized spacial score (nSPS) is 47.1. The number of hydrogen-bond donors (Lipinski definition) is 0. The van der Waals surface area contributed by atoms with E-state index in [1.807, 2.05) is 0 Å². The van der Waals surface area contributed by atoms with Crippen molar-refractivity contribution in [2.75, 3.05) is 5.88 Å². The predicted molar refractivity (Wildman–Crippen MR) is 116 cm³/mol. The minimum Gasteiger partial charge on any atom is -0.449 e. The Morgan fingerprint density at radius 1 is 1.23 bits per heavy atom. The second kappa shape index (κ2) is 7.20. The van der Waals surface area contributed by atoms with E-state index in [9.17, 15) is 14.4 Å². The standard InChI is InChI=1S/C24H30Cl2O4/c1-13(27)24(30-14(2)28)21(26)11-20-18-6-5-15-9-17(29)10-16(12-25)23(15,4)19(18)7-8-22(20,24)3/h5-6,9,16,18-21H,7-8,10-12H2,1-4H3/t16-,18-,19+,20+,21+,22+,23-,24-/m1/s1. The fraction of sp³-hybridized carbons (Fsp3) is 0.708. The summed E-state index contributed by atoms with van der Waals surface area (Å²) in [5, 5.41) is -0.553. The van der Waals surface area contributed by atoms with Crippen LogP contribution in [0.5, 0.6) is 0 Å². The zero-order valence-corrected chi connectivity index (χ0v) is 19.6. The zero-order chi connectivity index (χ0) is 22.1. The number of fused-ring (bicyclic) bond motifs is 5. The highest BCUT2D eigenvalue weighted by atomic mass is 35.5. The highest BCUT2D eigenvalue weighted by Gasteiger charge is 2.71. The molecule has 2 saturated carbocycles. The van der Waals surface area contributed by atoms with Gasteiger partial charge in [-0.3, -0.25) is 14.4 Å². The molecule has 0 amide bonds. The Labute approximate surface area is 188 Å². The maximum Gasteiger partial charge on any atom is 0.303 e. The summed E-state index contributed by atoms with van der Waals surface area (Å²) in [6.07, 6.45) is 8.80. The molecule has 8 atom stereocenters. The van der Waals surface area contributed by atoms with Gasteiger partial charge in [0.2, 0.25) is 0 Å². The Hall–Kier alpha value is -1.13. The largest absolute Gasteiger partial charge is 0.449 e. The summed E-state index contributed by atoms with van der Waals surface area (Å²) in [6, 6.07) is 0. The smallest absolute Gasteiger partial charge is 0.303 e. The van der Waals surface area contributed by atoms with E-state index in [1.54, 1.807) is 6.08 Å². The Morgan fingerprint density at radius 2 is 1.93 bits per heavy atom. The van der Waals surface area contributed by atoms with Crippen molar-refractivity contribution in [2.45, 2.75) is 64.4 Å².